The summed E-state index contributed by atoms with van der Waals surface area (Å²) < 4.78 is 29.3. The molecule has 0 aliphatic rings. The molecule has 2 N–H and O–H groups in total. The summed E-state index contributed by atoms with van der Waals surface area (Å²) >= 11 is 1.60. The van der Waals surface area contributed by atoms with Crippen molar-refractivity contribution in [3.05, 3.63) is 101 Å². The van der Waals surface area contributed by atoms with Crippen LogP contribution in [0.4, 0.5) is 0 Å². The molecule has 2 aromatic heterocycles. The lowest BCUT2D eigenvalue weighted by molar-refractivity contribution is 0.0954. The number of hydrogen-bond acceptors (Lipinski definition) is 5. The lowest BCUT2D eigenvalue weighted by atomic mass is 10.1. The summed E-state index contributed by atoms with van der Waals surface area (Å²) in [6.45, 7) is 0.804. The van der Waals surface area contributed by atoms with E-state index in [1.807, 2.05) is 54.0 Å². The first-order valence-corrected chi connectivity index (χ1v) is 12.9. The van der Waals surface area contributed by atoms with E-state index >= 15 is 0 Å². The first kappa shape index (κ1) is 22.9. The summed E-state index contributed by atoms with van der Waals surface area (Å²) in [7, 11) is -3.61. The number of nitrogens with zero attached hydrogens (tertiary/aromatic N) is 2. The molecule has 0 aliphatic carbocycles. The number of benzene rings is 2. The zero-order valence-corrected chi connectivity index (χ0v) is 19.5. The van der Waals surface area contributed by atoms with Gasteiger partial charge in [0.25, 0.3) is 5.91 Å². The fourth-order valence-electron chi connectivity index (χ4n) is 3.29. The molecule has 0 radical (unpaired) electrons. The summed E-state index contributed by atoms with van der Waals surface area (Å²) in [5.74, 6) is -0.238. The van der Waals surface area contributed by atoms with Crippen molar-refractivity contribution in [3.8, 4) is 5.69 Å². The van der Waals surface area contributed by atoms with E-state index < -0.39 is 10.0 Å². The lowest BCUT2D eigenvalue weighted by Crippen LogP contribution is -2.27. The molecule has 0 bridgehead atoms. The average molecular weight is 481 g/mol. The zero-order chi connectivity index (χ0) is 23.1. The third-order valence-corrected chi connectivity index (χ3v) is 7.49. The van der Waals surface area contributed by atoms with Gasteiger partial charge in [-0.25, -0.2) is 17.8 Å². The Morgan fingerprint density at radius 3 is 2.39 bits per heavy atom. The Bertz CT molecular complexity index is 1270. The minimum absolute atomic E-state index is 0.141. The van der Waals surface area contributed by atoms with Crippen LogP contribution in [0.25, 0.3) is 5.69 Å². The second-order valence-corrected chi connectivity index (χ2v) is 10.2. The maximum absolute atomic E-state index is 12.5. The highest BCUT2D eigenvalue weighted by atomic mass is 32.2. The van der Waals surface area contributed by atoms with Gasteiger partial charge in [0.1, 0.15) is 0 Å². The number of sulfonamides is 1. The molecule has 4 aromatic rings. The van der Waals surface area contributed by atoms with Gasteiger partial charge in [-0.05, 0) is 72.3 Å². The van der Waals surface area contributed by atoms with Crippen LogP contribution in [-0.2, 0) is 22.9 Å². The molecule has 0 atom stereocenters. The Morgan fingerprint density at radius 2 is 1.73 bits per heavy atom. The van der Waals surface area contributed by atoms with Crippen molar-refractivity contribution in [1.82, 2.24) is 19.8 Å². The normalized spacial score (nSPS) is 11.4. The summed E-state index contributed by atoms with van der Waals surface area (Å²) in [6, 6.07) is 19.7. The molecule has 1 amide bonds. The zero-order valence-electron chi connectivity index (χ0n) is 17.8. The molecule has 0 unspecified atom stereocenters. The highest BCUT2D eigenvalue weighted by Crippen LogP contribution is 2.13. The molecule has 2 heterocycles. The van der Waals surface area contributed by atoms with Crippen LogP contribution in [0.5, 0.6) is 0 Å². The number of hydrogen-bond donors (Lipinski definition) is 2. The van der Waals surface area contributed by atoms with Gasteiger partial charge in [0.2, 0.25) is 10.0 Å². The molecule has 2 aromatic carbocycles. The number of carbonyl (C=O) groups is 1. The summed E-state index contributed by atoms with van der Waals surface area (Å²) in [5, 5.41) is 9.04. The molecule has 0 saturated heterocycles. The Labute approximate surface area is 197 Å². The molecule has 0 aliphatic heterocycles. The van der Waals surface area contributed by atoms with Gasteiger partial charge in [0, 0.05) is 35.9 Å². The van der Waals surface area contributed by atoms with Gasteiger partial charge in [0.05, 0.1) is 10.6 Å². The Balaban J connectivity index is 1.25. The molecule has 9 heteroatoms. The van der Waals surface area contributed by atoms with Gasteiger partial charge in [-0.2, -0.15) is 5.10 Å². The van der Waals surface area contributed by atoms with E-state index in [-0.39, 0.29) is 10.8 Å². The Hall–Kier alpha value is -3.27. The molecule has 0 spiro atoms. The van der Waals surface area contributed by atoms with Gasteiger partial charge in [-0.15, -0.1) is 11.3 Å². The van der Waals surface area contributed by atoms with E-state index in [2.05, 4.69) is 15.1 Å². The van der Waals surface area contributed by atoms with Gasteiger partial charge >= 0.3 is 0 Å². The third-order valence-electron chi connectivity index (χ3n) is 5.07. The van der Waals surface area contributed by atoms with E-state index in [0.29, 0.717) is 31.5 Å². The van der Waals surface area contributed by atoms with E-state index in [1.165, 1.54) is 24.3 Å². The van der Waals surface area contributed by atoms with Crippen molar-refractivity contribution in [2.75, 3.05) is 13.1 Å². The summed E-state index contributed by atoms with van der Waals surface area (Å²) in [5.41, 5.74) is 2.49. The first-order chi connectivity index (χ1) is 16.0. The van der Waals surface area contributed by atoms with Crippen LogP contribution in [0.2, 0.25) is 0 Å². The fourth-order valence-corrected chi connectivity index (χ4v) is 5.03. The molecule has 7 nitrogen and oxygen atoms in total. The summed E-state index contributed by atoms with van der Waals surface area (Å²) in [6.07, 6.45) is 4.94. The molecule has 4 rings (SSSR count). The standard InChI is InChI=1S/C24H24N4O3S2/c29-24(25-15-12-19-4-8-21(9-5-19)28-17-2-14-26-28)20-6-10-23(11-7-20)33(30,31)27-16-13-22-3-1-18-32-22/h1-11,14,17-18,27H,12-13,15-16H2,(H,25,29). The van der Waals surface area contributed by atoms with Crippen LogP contribution in [-0.4, -0.2) is 37.2 Å². The van der Waals surface area contributed by atoms with Gasteiger partial charge in [-0.3, -0.25) is 4.79 Å². The van der Waals surface area contributed by atoms with E-state index in [1.54, 1.807) is 22.2 Å². The molecule has 170 valence electrons. The maximum atomic E-state index is 12.5. The minimum Gasteiger partial charge on any atom is -0.352 e. The second-order valence-electron chi connectivity index (χ2n) is 7.37. The predicted molar refractivity (Wildman–Crippen MR) is 129 cm³/mol. The van der Waals surface area contributed by atoms with Crippen molar-refractivity contribution in [3.63, 3.8) is 0 Å². The van der Waals surface area contributed by atoms with Crippen LogP contribution < -0.4 is 10.0 Å². The van der Waals surface area contributed by atoms with Crippen molar-refractivity contribution >= 4 is 27.3 Å². The molecular weight excluding hydrogens is 456 g/mol. The van der Waals surface area contributed by atoms with Gasteiger partial charge < -0.3 is 5.32 Å². The maximum Gasteiger partial charge on any atom is 0.251 e. The van der Waals surface area contributed by atoms with Crippen molar-refractivity contribution in [2.24, 2.45) is 0 Å². The van der Waals surface area contributed by atoms with Crippen LogP contribution >= 0.6 is 11.3 Å². The van der Waals surface area contributed by atoms with Crippen LogP contribution in [0.15, 0.2) is 89.4 Å². The molecule has 33 heavy (non-hydrogen) atoms. The molecular formula is C24H24N4O3S2. The van der Waals surface area contributed by atoms with Crippen molar-refractivity contribution in [1.29, 1.82) is 0 Å². The van der Waals surface area contributed by atoms with Crippen molar-refractivity contribution < 1.29 is 13.2 Å². The SMILES string of the molecule is O=C(NCCc1ccc(-n2cccn2)cc1)c1ccc(S(=O)(=O)NCCc2cccs2)cc1. The lowest BCUT2D eigenvalue weighted by Gasteiger charge is -2.09. The van der Waals surface area contributed by atoms with E-state index in [4.69, 9.17) is 0 Å². The van der Waals surface area contributed by atoms with Crippen LogP contribution in [0.3, 0.4) is 0 Å². The Morgan fingerprint density at radius 1 is 0.939 bits per heavy atom. The largest absolute Gasteiger partial charge is 0.352 e. The van der Waals surface area contributed by atoms with E-state index in [0.717, 1.165) is 16.1 Å². The second kappa shape index (κ2) is 10.6. The quantitative estimate of drug-likeness (QED) is 0.364. The first-order valence-electron chi connectivity index (χ1n) is 10.5. The number of rotatable bonds is 10. The number of nitrogens with one attached hydrogen (secondary N) is 2. The third kappa shape index (κ3) is 6.16. The topological polar surface area (TPSA) is 93.1 Å². The van der Waals surface area contributed by atoms with Crippen LogP contribution in [0.1, 0.15) is 20.8 Å². The molecule has 0 fully saturated rings. The number of amides is 1. The number of carbonyl (C=O) groups excluding carboxylic acids is 1. The smallest absolute Gasteiger partial charge is 0.251 e. The molecule has 0 saturated carbocycles. The minimum atomic E-state index is -3.61. The fraction of sp³-hybridized carbons (Fsp3) is 0.167. The number of aromatic nitrogens is 2. The highest BCUT2D eigenvalue weighted by Gasteiger charge is 2.14. The van der Waals surface area contributed by atoms with Crippen LogP contribution in [0, 0.1) is 0 Å². The average Bonchev–Trinajstić information content (AvgIpc) is 3.54. The monoisotopic (exact) mass is 480 g/mol. The highest BCUT2D eigenvalue weighted by molar-refractivity contribution is 7.89. The summed E-state index contributed by atoms with van der Waals surface area (Å²) in [4.78, 5) is 13.7. The van der Waals surface area contributed by atoms with Gasteiger partial charge in [0.15, 0.2) is 0 Å². The number of thiophene rings is 1. The predicted octanol–water partition coefficient (Wildman–Crippen LogP) is 3.43. The van der Waals surface area contributed by atoms with Crippen molar-refractivity contribution in [2.45, 2.75) is 17.7 Å². The Kier molecular flexibility index (Phi) is 7.33. The van der Waals surface area contributed by atoms with Gasteiger partial charge in [-0.1, -0.05) is 18.2 Å². The van der Waals surface area contributed by atoms with E-state index in [9.17, 15) is 13.2 Å².